The molecule has 2 fully saturated rings. The van der Waals surface area contributed by atoms with Gasteiger partial charge in [-0.1, -0.05) is 6.42 Å². The highest BCUT2D eigenvalue weighted by molar-refractivity contribution is 5.70. The third kappa shape index (κ3) is 2.50. The van der Waals surface area contributed by atoms with E-state index in [-0.39, 0.29) is 12.6 Å². The number of aromatic nitrogens is 4. The van der Waals surface area contributed by atoms with Crippen molar-refractivity contribution in [2.75, 3.05) is 0 Å². The van der Waals surface area contributed by atoms with Gasteiger partial charge in [0.15, 0.2) is 5.65 Å². The van der Waals surface area contributed by atoms with E-state index < -0.39 is 0 Å². The van der Waals surface area contributed by atoms with E-state index >= 15 is 0 Å². The monoisotopic (exact) mass is 286 g/mol. The first-order chi connectivity index (χ1) is 10.3. The largest absolute Gasteiger partial charge is 0.458 e. The summed E-state index contributed by atoms with van der Waals surface area (Å²) in [6.45, 7) is 0.177. The lowest BCUT2D eigenvalue weighted by molar-refractivity contribution is -0.146. The van der Waals surface area contributed by atoms with E-state index in [1.165, 1.54) is 32.0 Å². The number of imidazole rings is 1. The van der Waals surface area contributed by atoms with Crippen molar-refractivity contribution < 1.29 is 9.53 Å². The topological polar surface area (TPSA) is 80.8 Å². The molecule has 4 rings (SSSR count). The van der Waals surface area contributed by atoms with Gasteiger partial charge in [0.05, 0.1) is 6.20 Å². The molecular formula is C15H18N4O2. The molecule has 0 saturated heterocycles. The van der Waals surface area contributed by atoms with Crippen LogP contribution in [-0.4, -0.2) is 25.9 Å². The number of carbonyl (C=O) groups excluding carboxylic acids is 1. The highest BCUT2D eigenvalue weighted by Crippen LogP contribution is 2.49. The highest BCUT2D eigenvalue weighted by atomic mass is 16.5. The molecule has 0 aromatic carbocycles. The van der Waals surface area contributed by atoms with Crippen LogP contribution in [0.2, 0.25) is 0 Å². The number of esters is 1. The molecule has 2 aromatic rings. The van der Waals surface area contributed by atoms with E-state index in [4.69, 9.17) is 4.74 Å². The number of aromatic amines is 1. The predicted molar refractivity (Wildman–Crippen MR) is 75.0 cm³/mol. The average molecular weight is 286 g/mol. The van der Waals surface area contributed by atoms with E-state index in [2.05, 4.69) is 19.9 Å². The summed E-state index contributed by atoms with van der Waals surface area (Å²) < 4.78 is 5.35. The Kier molecular flexibility index (Phi) is 3.09. The maximum absolute atomic E-state index is 12.0. The minimum absolute atomic E-state index is 0.112. The SMILES string of the molecule is O=C(CC1CC2CCC1C2)OCc1nc2ncncc2[nH]1. The maximum atomic E-state index is 12.0. The molecule has 0 radical (unpaired) electrons. The molecule has 2 bridgehead atoms. The minimum atomic E-state index is -0.112. The summed E-state index contributed by atoms with van der Waals surface area (Å²) >= 11 is 0. The molecule has 6 nitrogen and oxygen atoms in total. The molecule has 2 aliphatic carbocycles. The zero-order valence-electron chi connectivity index (χ0n) is 11.8. The summed E-state index contributed by atoms with van der Waals surface area (Å²) in [6, 6.07) is 0. The van der Waals surface area contributed by atoms with Gasteiger partial charge in [0, 0.05) is 6.42 Å². The van der Waals surface area contributed by atoms with Gasteiger partial charge >= 0.3 is 5.97 Å². The third-order valence-electron chi connectivity index (χ3n) is 4.89. The van der Waals surface area contributed by atoms with Crippen LogP contribution in [0.3, 0.4) is 0 Å². The second kappa shape index (κ2) is 5.09. The Labute approximate surface area is 122 Å². The Morgan fingerprint density at radius 2 is 2.33 bits per heavy atom. The molecule has 21 heavy (non-hydrogen) atoms. The van der Waals surface area contributed by atoms with Crippen molar-refractivity contribution in [1.29, 1.82) is 0 Å². The van der Waals surface area contributed by atoms with Crippen LogP contribution in [0.4, 0.5) is 0 Å². The number of nitrogens with zero attached hydrogens (tertiary/aromatic N) is 3. The molecule has 0 spiro atoms. The first-order valence-corrected chi connectivity index (χ1v) is 7.58. The van der Waals surface area contributed by atoms with Crippen molar-refractivity contribution >= 4 is 17.1 Å². The van der Waals surface area contributed by atoms with Crippen LogP contribution in [0.5, 0.6) is 0 Å². The summed E-state index contributed by atoms with van der Waals surface area (Å²) in [5, 5.41) is 0. The van der Waals surface area contributed by atoms with E-state index in [9.17, 15) is 4.79 Å². The van der Waals surface area contributed by atoms with E-state index in [1.807, 2.05) is 0 Å². The number of ether oxygens (including phenoxy) is 1. The fraction of sp³-hybridized carbons (Fsp3) is 0.600. The van der Waals surface area contributed by atoms with Gasteiger partial charge in [0.2, 0.25) is 0 Å². The molecule has 3 unspecified atom stereocenters. The average Bonchev–Trinajstić information content (AvgIpc) is 3.19. The van der Waals surface area contributed by atoms with Crippen LogP contribution >= 0.6 is 0 Å². The molecule has 0 aliphatic heterocycles. The van der Waals surface area contributed by atoms with Gasteiger partial charge in [-0.05, 0) is 37.0 Å². The Bertz CT molecular complexity index is 635. The lowest BCUT2D eigenvalue weighted by atomic mass is 9.86. The van der Waals surface area contributed by atoms with Crippen LogP contribution in [0.25, 0.3) is 11.2 Å². The van der Waals surface area contributed by atoms with Crippen molar-refractivity contribution in [3.05, 3.63) is 18.3 Å². The zero-order valence-corrected chi connectivity index (χ0v) is 11.8. The number of H-pyrrole nitrogens is 1. The van der Waals surface area contributed by atoms with Crippen molar-refractivity contribution in [1.82, 2.24) is 19.9 Å². The fourth-order valence-corrected chi connectivity index (χ4v) is 3.93. The van der Waals surface area contributed by atoms with Crippen LogP contribution in [-0.2, 0) is 16.1 Å². The minimum Gasteiger partial charge on any atom is -0.458 e. The Balaban J connectivity index is 1.32. The number of hydrogen-bond donors (Lipinski definition) is 1. The Hall–Kier alpha value is -1.98. The van der Waals surface area contributed by atoms with Gasteiger partial charge in [-0.3, -0.25) is 4.79 Å². The Morgan fingerprint density at radius 3 is 3.10 bits per heavy atom. The summed E-state index contributed by atoms with van der Waals surface area (Å²) in [7, 11) is 0. The number of fused-ring (bicyclic) bond motifs is 3. The van der Waals surface area contributed by atoms with Crippen LogP contribution in [0.15, 0.2) is 12.5 Å². The van der Waals surface area contributed by atoms with Gasteiger partial charge in [-0.25, -0.2) is 15.0 Å². The van der Waals surface area contributed by atoms with Crippen LogP contribution in [0, 0.1) is 17.8 Å². The normalized spacial score (nSPS) is 27.3. The molecule has 2 aliphatic rings. The second-order valence-corrected chi connectivity index (χ2v) is 6.24. The molecule has 2 heterocycles. The van der Waals surface area contributed by atoms with E-state index in [1.54, 1.807) is 6.20 Å². The number of nitrogens with one attached hydrogen (secondary N) is 1. The van der Waals surface area contributed by atoms with E-state index in [0.29, 0.717) is 23.8 Å². The molecular weight excluding hydrogens is 268 g/mol. The summed E-state index contributed by atoms with van der Waals surface area (Å²) in [5.41, 5.74) is 1.36. The zero-order chi connectivity index (χ0) is 14.2. The lowest BCUT2D eigenvalue weighted by Gasteiger charge is -2.20. The van der Waals surface area contributed by atoms with Gasteiger partial charge < -0.3 is 9.72 Å². The first kappa shape index (κ1) is 12.7. The fourth-order valence-electron chi connectivity index (χ4n) is 3.93. The molecule has 110 valence electrons. The maximum Gasteiger partial charge on any atom is 0.306 e. The smallest absolute Gasteiger partial charge is 0.306 e. The molecule has 3 atom stereocenters. The van der Waals surface area contributed by atoms with Crippen molar-refractivity contribution in [2.45, 2.75) is 38.7 Å². The quantitative estimate of drug-likeness (QED) is 0.872. The summed E-state index contributed by atoms with van der Waals surface area (Å²) in [6.07, 6.45) is 8.85. The lowest BCUT2D eigenvalue weighted by Crippen LogP contribution is -2.17. The second-order valence-electron chi connectivity index (χ2n) is 6.24. The van der Waals surface area contributed by atoms with Crippen molar-refractivity contribution in [3.8, 4) is 0 Å². The molecule has 2 saturated carbocycles. The standard InChI is InChI=1S/C15H18N4O2/c20-14(5-11-4-9-1-2-10(11)3-9)21-7-13-18-12-6-16-8-17-15(12)19-13/h6,8-11H,1-5,7H2,(H,16,17,18,19). The molecule has 1 N–H and O–H groups in total. The molecule has 6 heteroatoms. The van der Waals surface area contributed by atoms with Gasteiger partial charge in [0.1, 0.15) is 24.3 Å². The summed E-state index contributed by atoms with van der Waals surface area (Å²) in [5.74, 6) is 2.66. The predicted octanol–water partition coefficient (Wildman–Crippen LogP) is 2.22. The van der Waals surface area contributed by atoms with Crippen molar-refractivity contribution in [3.63, 3.8) is 0 Å². The van der Waals surface area contributed by atoms with E-state index in [0.717, 1.165) is 17.4 Å². The van der Waals surface area contributed by atoms with Gasteiger partial charge in [-0.2, -0.15) is 0 Å². The van der Waals surface area contributed by atoms with Crippen LogP contribution in [0.1, 0.15) is 37.9 Å². The number of carbonyl (C=O) groups is 1. The molecule has 0 amide bonds. The van der Waals surface area contributed by atoms with Crippen molar-refractivity contribution in [2.24, 2.45) is 17.8 Å². The van der Waals surface area contributed by atoms with Gasteiger partial charge in [0.25, 0.3) is 0 Å². The number of hydrogen-bond acceptors (Lipinski definition) is 5. The third-order valence-corrected chi connectivity index (χ3v) is 4.89. The molecule has 2 aromatic heterocycles. The van der Waals surface area contributed by atoms with Gasteiger partial charge in [-0.15, -0.1) is 0 Å². The number of rotatable bonds is 4. The first-order valence-electron chi connectivity index (χ1n) is 7.58. The van der Waals surface area contributed by atoms with Crippen LogP contribution < -0.4 is 0 Å². The Morgan fingerprint density at radius 1 is 1.38 bits per heavy atom. The summed E-state index contributed by atoms with van der Waals surface area (Å²) in [4.78, 5) is 27.3. The highest BCUT2D eigenvalue weighted by Gasteiger charge is 2.40.